The van der Waals surface area contributed by atoms with Crippen LogP contribution >= 0.6 is 11.6 Å². The molecule has 0 fully saturated rings. The van der Waals surface area contributed by atoms with E-state index < -0.39 is 5.54 Å². The Hall–Kier alpha value is -2.53. The minimum atomic E-state index is -1.01. The minimum Gasteiger partial charge on any atom is -0.490 e. The Morgan fingerprint density at radius 3 is 2.72 bits per heavy atom. The molecular weight excluding hydrogens is 338 g/mol. The first-order valence-electron chi connectivity index (χ1n) is 8.11. The number of halogens is 1. The van der Waals surface area contributed by atoms with Gasteiger partial charge in [-0.15, -0.1) is 0 Å². The Kier molecular flexibility index (Phi) is 3.51. The smallest absolute Gasteiger partial charge is 0.261 e. The lowest BCUT2D eigenvalue weighted by Crippen LogP contribution is -2.45. The highest BCUT2D eigenvalue weighted by Gasteiger charge is 2.52. The standard InChI is InChI=1S/C19H18ClN3O2/c1-11-10-19(17(24)23(2)18(21)22-19)15-9-13(6-7-16(15)25-11)12-4-3-5-14(20)8-12/h3-9,11H,10H2,1-2H3,(H2,21,22)/t11-,19-/m1/s1. The van der Waals surface area contributed by atoms with E-state index in [2.05, 4.69) is 4.99 Å². The van der Waals surface area contributed by atoms with Crippen LogP contribution in [0.2, 0.25) is 5.02 Å². The maximum atomic E-state index is 13.0. The molecule has 2 aromatic carbocycles. The fraction of sp³-hybridized carbons (Fsp3) is 0.263. The first-order valence-corrected chi connectivity index (χ1v) is 8.49. The van der Waals surface area contributed by atoms with E-state index in [1.165, 1.54) is 4.90 Å². The van der Waals surface area contributed by atoms with E-state index in [1.807, 2.05) is 49.4 Å². The molecule has 2 aliphatic rings. The van der Waals surface area contributed by atoms with Crippen LogP contribution in [0.1, 0.15) is 18.9 Å². The number of aliphatic imine (C=N–C) groups is 1. The number of hydrogen-bond donors (Lipinski definition) is 1. The molecule has 2 aromatic rings. The van der Waals surface area contributed by atoms with Gasteiger partial charge < -0.3 is 10.5 Å². The normalized spacial score (nSPS) is 24.9. The number of ether oxygens (including phenoxy) is 1. The number of nitrogens with zero attached hydrogens (tertiary/aromatic N) is 2. The van der Waals surface area contributed by atoms with Gasteiger partial charge in [0.15, 0.2) is 11.5 Å². The number of hydrogen-bond acceptors (Lipinski definition) is 4. The van der Waals surface area contributed by atoms with Crippen molar-refractivity contribution >= 4 is 23.5 Å². The van der Waals surface area contributed by atoms with Crippen molar-refractivity contribution in [3.63, 3.8) is 0 Å². The molecule has 0 unspecified atom stereocenters. The Labute approximate surface area is 151 Å². The largest absolute Gasteiger partial charge is 0.490 e. The van der Waals surface area contributed by atoms with Crippen molar-refractivity contribution < 1.29 is 9.53 Å². The second kappa shape index (κ2) is 5.49. The van der Waals surface area contributed by atoms with Crippen molar-refractivity contribution in [1.29, 1.82) is 0 Å². The predicted molar refractivity (Wildman–Crippen MR) is 97.7 cm³/mol. The maximum Gasteiger partial charge on any atom is 0.261 e. The van der Waals surface area contributed by atoms with Crippen molar-refractivity contribution in [3.05, 3.63) is 53.1 Å². The van der Waals surface area contributed by atoms with E-state index in [4.69, 9.17) is 22.1 Å². The van der Waals surface area contributed by atoms with Crippen LogP contribution in [0.5, 0.6) is 5.75 Å². The Bertz CT molecular complexity index is 911. The predicted octanol–water partition coefficient (Wildman–Crippen LogP) is 3.16. The van der Waals surface area contributed by atoms with Gasteiger partial charge in [-0.1, -0.05) is 29.8 Å². The van der Waals surface area contributed by atoms with Crippen LogP contribution < -0.4 is 10.5 Å². The fourth-order valence-electron chi connectivity index (χ4n) is 3.60. The molecule has 2 heterocycles. The number of amides is 1. The summed E-state index contributed by atoms with van der Waals surface area (Å²) in [5.74, 6) is 0.785. The second-order valence-corrected chi connectivity index (χ2v) is 6.98. The molecule has 0 bridgehead atoms. The quantitative estimate of drug-likeness (QED) is 0.854. The third-order valence-corrected chi connectivity index (χ3v) is 5.04. The monoisotopic (exact) mass is 355 g/mol. The summed E-state index contributed by atoms with van der Waals surface area (Å²) >= 11 is 6.12. The van der Waals surface area contributed by atoms with Gasteiger partial charge in [-0.25, -0.2) is 4.99 Å². The molecule has 6 heteroatoms. The fourth-order valence-corrected chi connectivity index (χ4v) is 3.79. The molecule has 25 heavy (non-hydrogen) atoms. The summed E-state index contributed by atoms with van der Waals surface area (Å²) in [4.78, 5) is 18.9. The number of nitrogens with two attached hydrogens (primary N) is 1. The Morgan fingerprint density at radius 2 is 2.04 bits per heavy atom. The van der Waals surface area contributed by atoms with E-state index in [-0.39, 0.29) is 18.0 Å². The maximum absolute atomic E-state index is 13.0. The lowest BCUT2D eigenvalue weighted by Gasteiger charge is -2.35. The number of carbonyl (C=O) groups excluding carboxylic acids is 1. The number of likely N-dealkylation sites (N-methyl/N-ethyl adjacent to an activating group) is 1. The zero-order chi connectivity index (χ0) is 17.8. The van der Waals surface area contributed by atoms with Gasteiger partial charge in [0.25, 0.3) is 5.91 Å². The number of guanidine groups is 1. The van der Waals surface area contributed by atoms with E-state index >= 15 is 0 Å². The van der Waals surface area contributed by atoms with Gasteiger partial charge in [0.2, 0.25) is 0 Å². The van der Waals surface area contributed by atoms with Gasteiger partial charge >= 0.3 is 0 Å². The molecule has 1 spiro atoms. The van der Waals surface area contributed by atoms with Gasteiger partial charge in [0, 0.05) is 24.1 Å². The van der Waals surface area contributed by atoms with Crippen LogP contribution in [0.15, 0.2) is 47.5 Å². The molecule has 5 nitrogen and oxygen atoms in total. The van der Waals surface area contributed by atoms with E-state index in [1.54, 1.807) is 7.05 Å². The molecule has 1 amide bonds. The summed E-state index contributed by atoms with van der Waals surface area (Å²) in [7, 11) is 1.65. The molecule has 0 saturated carbocycles. The molecule has 0 aromatic heterocycles. The van der Waals surface area contributed by atoms with Crippen molar-refractivity contribution in [2.45, 2.75) is 25.0 Å². The van der Waals surface area contributed by atoms with Gasteiger partial charge in [0.05, 0.1) is 6.10 Å². The van der Waals surface area contributed by atoms with Crippen LogP contribution in [0.25, 0.3) is 11.1 Å². The summed E-state index contributed by atoms with van der Waals surface area (Å²) in [5.41, 5.74) is 7.61. The third-order valence-electron chi connectivity index (χ3n) is 4.80. The second-order valence-electron chi connectivity index (χ2n) is 6.55. The Morgan fingerprint density at radius 1 is 1.28 bits per heavy atom. The number of carbonyl (C=O) groups is 1. The van der Waals surface area contributed by atoms with Gasteiger partial charge in [0.1, 0.15) is 5.75 Å². The number of benzene rings is 2. The molecule has 0 aliphatic carbocycles. The average molecular weight is 356 g/mol. The SMILES string of the molecule is C[C@@H]1C[C@@]2(N=C(N)N(C)C2=O)c2cc(-c3cccc(Cl)c3)ccc2O1. The van der Waals surface area contributed by atoms with Gasteiger partial charge in [-0.2, -0.15) is 0 Å². The number of fused-ring (bicyclic) bond motifs is 2. The minimum absolute atomic E-state index is 0.121. The first kappa shape index (κ1) is 16.0. The van der Waals surface area contributed by atoms with Crippen molar-refractivity contribution in [3.8, 4) is 16.9 Å². The summed E-state index contributed by atoms with van der Waals surface area (Å²) in [6.07, 6.45) is 0.333. The van der Waals surface area contributed by atoms with Crippen LogP contribution in [0.3, 0.4) is 0 Å². The average Bonchev–Trinajstić information content (AvgIpc) is 2.79. The number of rotatable bonds is 1. The lowest BCUT2D eigenvalue weighted by atomic mass is 9.81. The van der Waals surface area contributed by atoms with Gasteiger partial charge in [-0.3, -0.25) is 9.69 Å². The zero-order valence-electron chi connectivity index (χ0n) is 14.0. The molecule has 0 radical (unpaired) electrons. The molecule has 2 aliphatic heterocycles. The topological polar surface area (TPSA) is 67.9 Å². The van der Waals surface area contributed by atoms with Crippen molar-refractivity contribution in [1.82, 2.24) is 4.90 Å². The molecule has 128 valence electrons. The highest BCUT2D eigenvalue weighted by Crippen LogP contribution is 2.46. The van der Waals surface area contributed by atoms with E-state index in [0.29, 0.717) is 17.2 Å². The van der Waals surface area contributed by atoms with Crippen LogP contribution in [0.4, 0.5) is 0 Å². The first-order chi connectivity index (χ1) is 11.9. The van der Waals surface area contributed by atoms with Crippen molar-refractivity contribution in [2.24, 2.45) is 10.7 Å². The molecule has 2 N–H and O–H groups in total. The third kappa shape index (κ3) is 2.38. The van der Waals surface area contributed by atoms with Gasteiger partial charge in [-0.05, 0) is 42.3 Å². The molecule has 4 rings (SSSR count). The Balaban J connectivity index is 1.91. The van der Waals surface area contributed by atoms with E-state index in [9.17, 15) is 4.79 Å². The highest BCUT2D eigenvalue weighted by atomic mass is 35.5. The summed E-state index contributed by atoms with van der Waals surface area (Å²) in [6, 6.07) is 13.4. The summed E-state index contributed by atoms with van der Waals surface area (Å²) < 4.78 is 5.95. The van der Waals surface area contributed by atoms with Crippen LogP contribution in [-0.4, -0.2) is 29.9 Å². The van der Waals surface area contributed by atoms with Crippen LogP contribution in [-0.2, 0) is 10.3 Å². The summed E-state index contributed by atoms with van der Waals surface area (Å²) in [5, 5.41) is 0.661. The molecule has 2 atom stereocenters. The summed E-state index contributed by atoms with van der Waals surface area (Å²) in [6.45, 7) is 1.94. The zero-order valence-corrected chi connectivity index (χ0v) is 14.7. The van der Waals surface area contributed by atoms with Crippen LogP contribution in [0, 0.1) is 0 Å². The van der Waals surface area contributed by atoms with E-state index in [0.717, 1.165) is 16.7 Å². The lowest BCUT2D eigenvalue weighted by molar-refractivity contribution is -0.132. The van der Waals surface area contributed by atoms with Crippen molar-refractivity contribution in [2.75, 3.05) is 7.05 Å². The molecular formula is C19H18ClN3O2. The highest BCUT2D eigenvalue weighted by molar-refractivity contribution is 6.30. The molecule has 0 saturated heterocycles.